The van der Waals surface area contributed by atoms with Crippen LogP contribution in [0.3, 0.4) is 0 Å². The SMILES string of the molecule is Cc1cc(=O)oc2cc(OCC(=O)N(C)C[C@@H]3COc4ccccc4O3)ccc12. The van der Waals surface area contributed by atoms with Crippen molar-refractivity contribution in [3.05, 3.63) is 64.5 Å². The van der Waals surface area contributed by atoms with Gasteiger partial charge >= 0.3 is 5.63 Å². The number of para-hydroxylation sites is 2. The molecule has 150 valence electrons. The minimum Gasteiger partial charge on any atom is -0.486 e. The highest BCUT2D eigenvalue weighted by Gasteiger charge is 2.23. The van der Waals surface area contributed by atoms with E-state index in [-0.39, 0.29) is 18.6 Å². The third-order valence-electron chi connectivity index (χ3n) is 4.76. The molecule has 7 nitrogen and oxygen atoms in total. The molecular formula is C22H21NO6. The van der Waals surface area contributed by atoms with Gasteiger partial charge in [0.15, 0.2) is 24.2 Å². The fourth-order valence-electron chi connectivity index (χ4n) is 3.21. The zero-order chi connectivity index (χ0) is 20.4. The molecule has 7 heteroatoms. The molecule has 1 aliphatic rings. The van der Waals surface area contributed by atoms with E-state index in [0.29, 0.717) is 36.0 Å². The highest BCUT2D eigenvalue weighted by atomic mass is 16.6. The Morgan fingerprint density at radius 3 is 2.79 bits per heavy atom. The first-order chi connectivity index (χ1) is 14.0. The highest BCUT2D eigenvalue weighted by Crippen LogP contribution is 2.31. The molecule has 1 amide bonds. The Bertz CT molecular complexity index is 1110. The molecule has 0 aliphatic carbocycles. The van der Waals surface area contributed by atoms with Gasteiger partial charge in [0.05, 0.1) is 6.54 Å². The molecule has 0 radical (unpaired) electrons. The minimum atomic E-state index is -0.417. The molecule has 0 saturated carbocycles. The van der Waals surface area contributed by atoms with Crippen LogP contribution in [0.15, 0.2) is 57.7 Å². The van der Waals surface area contributed by atoms with Gasteiger partial charge in [0.25, 0.3) is 5.91 Å². The molecule has 1 aliphatic heterocycles. The third kappa shape index (κ3) is 4.18. The van der Waals surface area contributed by atoms with E-state index < -0.39 is 5.63 Å². The van der Waals surface area contributed by atoms with Crippen LogP contribution < -0.4 is 19.8 Å². The number of likely N-dealkylation sites (N-methyl/N-ethyl adjacent to an activating group) is 1. The summed E-state index contributed by atoms with van der Waals surface area (Å²) in [5.74, 6) is 1.64. The van der Waals surface area contributed by atoms with E-state index in [4.69, 9.17) is 18.6 Å². The Labute approximate surface area is 167 Å². The number of nitrogens with zero attached hydrogens (tertiary/aromatic N) is 1. The number of fused-ring (bicyclic) bond motifs is 2. The smallest absolute Gasteiger partial charge is 0.336 e. The van der Waals surface area contributed by atoms with Crippen LogP contribution in [0.2, 0.25) is 0 Å². The lowest BCUT2D eigenvalue weighted by Gasteiger charge is -2.29. The topological polar surface area (TPSA) is 78.2 Å². The van der Waals surface area contributed by atoms with Crippen LogP contribution in [0, 0.1) is 6.92 Å². The minimum absolute atomic E-state index is 0.137. The van der Waals surface area contributed by atoms with E-state index in [1.165, 1.54) is 6.07 Å². The van der Waals surface area contributed by atoms with Crippen molar-refractivity contribution < 1.29 is 23.4 Å². The van der Waals surface area contributed by atoms with E-state index in [1.54, 1.807) is 24.1 Å². The monoisotopic (exact) mass is 395 g/mol. The maximum absolute atomic E-state index is 12.4. The maximum atomic E-state index is 12.4. The number of hydrogen-bond acceptors (Lipinski definition) is 6. The largest absolute Gasteiger partial charge is 0.486 e. The summed E-state index contributed by atoms with van der Waals surface area (Å²) in [6.45, 7) is 2.46. The number of carbonyl (C=O) groups excluding carboxylic acids is 1. The van der Waals surface area contributed by atoms with Gasteiger partial charge in [-0.05, 0) is 36.8 Å². The zero-order valence-corrected chi connectivity index (χ0v) is 16.2. The number of amides is 1. The summed E-state index contributed by atoms with van der Waals surface area (Å²) in [6.07, 6.45) is -0.253. The number of rotatable bonds is 5. The molecule has 0 bridgehead atoms. The molecule has 0 unspecified atom stereocenters. The molecule has 4 rings (SSSR count). The van der Waals surface area contributed by atoms with Crippen molar-refractivity contribution in [1.82, 2.24) is 4.90 Å². The molecule has 0 spiro atoms. The lowest BCUT2D eigenvalue weighted by molar-refractivity contribution is -0.133. The van der Waals surface area contributed by atoms with Crippen LogP contribution in [-0.4, -0.2) is 43.7 Å². The molecule has 29 heavy (non-hydrogen) atoms. The standard InChI is InChI=1S/C22H21NO6/c1-14-9-22(25)29-20-10-15(7-8-17(14)20)26-13-21(24)23(2)11-16-12-27-18-5-3-4-6-19(18)28-16/h3-10,16H,11-13H2,1-2H3/t16-/m1/s1. The van der Waals surface area contributed by atoms with Gasteiger partial charge in [0.2, 0.25) is 0 Å². The molecule has 3 aromatic rings. The van der Waals surface area contributed by atoms with Crippen LogP contribution in [-0.2, 0) is 4.79 Å². The normalized spacial score (nSPS) is 15.2. The zero-order valence-electron chi connectivity index (χ0n) is 16.2. The van der Waals surface area contributed by atoms with Crippen LogP contribution in [0.1, 0.15) is 5.56 Å². The molecule has 1 aromatic heterocycles. The van der Waals surface area contributed by atoms with Crippen LogP contribution in [0.4, 0.5) is 0 Å². The van der Waals surface area contributed by atoms with Gasteiger partial charge in [-0.3, -0.25) is 4.79 Å². The van der Waals surface area contributed by atoms with Crippen LogP contribution in [0.25, 0.3) is 11.0 Å². The third-order valence-corrected chi connectivity index (χ3v) is 4.76. The molecule has 0 N–H and O–H groups in total. The van der Waals surface area contributed by atoms with Crippen LogP contribution in [0.5, 0.6) is 17.2 Å². The Hall–Kier alpha value is -3.48. The second kappa shape index (κ2) is 7.87. The molecule has 2 heterocycles. The fourth-order valence-corrected chi connectivity index (χ4v) is 3.21. The van der Waals surface area contributed by atoms with E-state index >= 15 is 0 Å². The predicted octanol–water partition coefficient (Wildman–Crippen LogP) is 2.78. The molecular weight excluding hydrogens is 374 g/mol. The maximum Gasteiger partial charge on any atom is 0.336 e. The first-order valence-corrected chi connectivity index (χ1v) is 9.29. The average molecular weight is 395 g/mol. The second-order valence-electron chi connectivity index (χ2n) is 6.97. The summed E-state index contributed by atoms with van der Waals surface area (Å²) in [5, 5.41) is 0.829. The Kier molecular flexibility index (Phi) is 5.12. The van der Waals surface area contributed by atoms with Crippen molar-refractivity contribution in [3.8, 4) is 17.2 Å². The summed E-state index contributed by atoms with van der Waals surface area (Å²) in [4.78, 5) is 25.5. The fraction of sp³-hybridized carbons (Fsp3) is 0.273. The van der Waals surface area contributed by atoms with Gasteiger partial charge in [0.1, 0.15) is 17.9 Å². The number of benzene rings is 2. The van der Waals surface area contributed by atoms with Gasteiger partial charge < -0.3 is 23.5 Å². The number of hydrogen-bond donors (Lipinski definition) is 0. The van der Waals surface area contributed by atoms with Gasteiger partial charge in [0, 0.05) is 24.6 Å². The first kappa shape index (κ1) is 18.9. The van der Waals surface area contributed by atoms with Gasteiger partial charge in [-0.15, -0.1) is 0 Å². The van der Waals surface area contributed by atoms with Gasteiger partial charge in [-0.2, -0.15) is 0 Å². The first-order valence-electron chi connectivity index (χ1n) is 9.29. The van der Waals surface area contributed by atoms with Crippen LogP contribution >= 0.6 is 0 Å². The number of carbonyl (C=O) groups is 1. The van der Waals surface area contributed by atoms with Crippen molar-refractivity contribution in [2.45, 2.75) is 13.0 Å². The van der Waals surface area contributed by atoms with Crippen molar-refractivity contribution in [2.75, 3.05) is 26.8 Å². The summed E-state index contributed by atoms with van der Waals surface area (Å²) in [7, 11) is 1.69. The molecule has 2 aromatic carbocycles. The lowest BCUT2D eigenvalue weighted by atomic mass is 10.1. The van der Waals surface area contributed by atoms with E-state index in [9.17, 15) is 9.59 Å². The van der Waals surface area contributed by atoms with E-state index in [2.05, 4.69) is 0 Å². The van der Waals surface area contributed by atoms with Crippen molar-refractivity contribution in [1.29, 1.82) is 0 Å². The highest BCUT2D eigenvalue weighted by molar-refractivity contribution is 5.81. The second-order valence-corrected chi connectivity index (χ2v) is 6.97. The Morgan fingerprint density at radius 1 is 1.17 bits per heavy atom. The molecule has 0 saturated heterocycles. The number of aryl methyl sites for hydroxylation is 1. The lowest BCUT2D eigenvalue weighted by Crippen LogP contribution is -2.43. The predicted molar refractivity (Wildman–Crippen MR) is 107 cm³/mol. The van der Waals surface area contributed by atoms with E-state index in [0.717, 1.165) is 10.9 Å². The summed E-state index contributed by atoms with van der Waals surface area (Å²) in [5.41, 5.74) is 0.842. The average Bonchev–Trinajstić information content (AvgIpc) is 2.71. The summed E-state index contributed by atoms with van der Waals surface area (Å²) >= 11 is 0. The molecule has 0 fully saturated rings. The molecule has 1 atom stereocenters. The Balaban J connectivity index is 1.35. The van der Waals surface area contributed by atoms with Gasteiger partial charge in [-0.25, -0.2) is 4.79 Å². The van der Waals surface area contributed by atoms with E-state index in [1.807, 2.05) is 37.3 Å². The Morgan fingerprint density at radius 2 is 1.97 bits per heavy atom. The quantitative estimate of drug-likeness (QED) is 0.618. The summed E-state index contributed by atoms with van der Waals surface area (Å²) in [6, 6.07) is 14.1. The van der Waals surface area contributed by atoms with Crippen molar-refractivity contribution >= 4 is 16.9 Å². The number of ether oxygens (including phenoxy) is 3. The van der Waals surface area contributed by atoms with Crippen molar-refractivity contribution in [2.24, 2.45) is 0 Å². The summed E-state index contributed by atoms with van der Waals surface area (Å²) < 4.78 is 22.4. The van der Waals surface area contributed by atoms with Gasteiger partial charge in [-0.1, -0.05) is 12.1 Å². The van der Waals surface area contributed by atoms with Crippen molar-refractivity contribution in [3.63, 3.8) is 0 Å².